The van der Waals surface area contributed by atoms with Gasteiger partial charge in [-0.1, -0.05) is 48.2 Å². The van der Waals surface area contributed by atoms with Gasteiger partial charge in [-0.2, -0.15) is 0 Å². The van der Waals surface area contributed by atoms with E-state index in [2.05, 4.69) is 5.32 Å². The van der Waals surface area contributed by atoms with E-state index < -0.39 is 0 Å². The fraction of sp³-hybridized carbons (Fsp3) is 0.0556. The predicted octanol–water partition coefficient (Wildman–Crippen LogP) is 3.48. The van der Waals surface area contributed by atoms with Crippen LogP contribution in [0.2, 0.25) is 0 Å². The maximum absolute atomic E-state index is 12.2. The van der Waals surface area contributed by atoms with Crippen molar-refractivity contribution in [2.45, 2.75) is 0 Å². The molecule has 0 unspecified atom stereocenters. The first-order chi connectivity index (χ1) is 12.0. The van der Waals surface area contributed by atoms with Crippen LogP contribution in [0.25, 0.3) is 6.08 Å². The minimum Gasteiger partial charge on any atom is -0.506 e. The Bertz CT molecular complexity index is 891. The number of phenols is 1. The summed E-state index contributed by atoms with van der Waals surface area (Å²) in [6.07, 6.45) is 1.74. The third-order valence-corrected chi connectivity index (χ3v) is 5.09. The van der Waals surface area contributed by atoms with Crippen LogP contribution in [0.4, 0.5) is 5.69 Å². The minimum absolute atomic E-state index is 0.00839. The summed E-state index contributed by atoms with van der Waals surface area (Å²) >= 11 is 6.35. The maximum Gasteiger partial charge on any atom is 0.265 e. The molecule has 2 aromatic rings. The number of rotatable bonds is 3. The number of carbonyl (C=O) groups is 2. The molecule has 2 amide bonds. The Morgan fingerprint density at radius 2 is 1.88 bits per heavy atom. The molecular weight excluding hydrogens is 356 g/mol. The summed E-state index contributed by atoms with van der Waals surface area (Å²) in [4.78, 5) is 26.2. The van der Waals surface area contributed by atoms with Gasteiger partial charge in [0, 0.05) is 12.6 Å². The summed E-state index contributed by atoms with van der Waals surface area (Å²) in [5.41, 5.74) is 1.60. The molecule has 1 aliphatic heterocycles. The van der Waals surface area contributed by atoms with Crippen molar-refractivity contribution in [3.8, 4) is 5.75 Å². The lowest BCUT2D eigenvalue weighted by Crippen LogP contribution is -2.22. The summed E-state index contributed by atoms with van der Waals surface area (Å²) in [6.45, 7) is 0. The van der Waals surface area contributed by atoms with Gasteiger partial charge in [0.2, 0.25) is 0 Å². The Balaban J connectivity index is 1.74. The van der Waals surface area contributed by atoms with Gasteiger partial charge in [0.1, 0.15) is 10.1 Å². The molecule has 5 nitrogen and oxygen atoms in total. The number of nitrogens with one attached hydrogen (secondary N) is 1. The average Bonchev–Trinajstić information content (AvgIpc) is 2.84. The van der Waals surface area contributed by atoms with E-state index in [0.29, 0.717) is 20.5 Å². The van der Waals surface area contributed by atoms with Crippen molar-refractivity contribution in [1.82, 2.24) is 4.90 Å². The Morgan fingerprint density at radius 3 is 2.48 bits per heavy atom. The lowest BCUT2D eigenvalue weighted by atomic mass is 10.1. The van der Waals surface area contributed by atoms with Crippen LogP contribution in [0, 0.1) is 0 Å². The highest BCUT2D eigenvalue weighted by atomic mass is 32.2. The van der Waals surface area contributed by atoms with E-state index in [-0.39, 0.29) is 17.6 Å². The molecule has 0 spiro atoms. The lowest BCUT2D eigenvalue weighted by Gasteiger charge is -2.07. The first-order valence-electron chi connectivity index (χ1n) is 7.36. The normalized spacial score (nSPS) is 15.7. The standard InChI is InChI=1S/C18H14N2O3S2/c1-20-17(23)15(25-18(20)24)10-11-6-8-12(9-7-11)16(22)19-13-4-2-3-5-14(13)21/h2-10,21H,1H3,(H,19,22)/b15-10-. The van der Waals surface area contributed by atoms with Gasteiger partial charge in [-0.25, -0.2) is 0 Å². The number of amides is 2. The second-order valence-corrected chi connectivity index (χ2v) is 7.01. The number of aromatic hydroxyl groups is 1. The molecule has 0 aromatic heterocycles. The number of carbonyl (C=O) groups excluding carboxylic acids is 2. The van der Waals surface area contributed by atoms with Crippen LogP contribution < -0.4 is 5.32 Å². The van der Waals surface area contributed by atoms with Gasteiger partial charge in [0.05, 0.1) is 10.6 Å². The van der Waals surface area contributed by atoms with Gasteiger partial charge in [-0.05, 0) is 35.9 Å². The van der Waals surface area contributed by atoms with E-state index in [1.807, 2.05) is 0 Å². The number of para-hydroxylation sites is 2. The van der Waals surface area contributed by atoms with Crippen LogP contribution in [0.15, 0.2) is 53.4 Å². The molecule has 126 valence electrons. The van der Waals surface area contributed by atoms with Crippen LogP contribution in [0.3, 0.4) is 0 Å². The van der Waals surface area contributed by atoms with Crippen molar-refractivity contribution in [3.05, 3.63) is 64.6 Å². The maximum atomic E-state index is 12.2. The highest BCUT2D eigenvalue weighted by molar-refractivity contribution is 8.26. The molecule has 0 aliphatic carbocycles. The van der Waals surface area contributed by atoms with Crippen LogP contribution in [-0.2, 0) is 4.79 Å². The second kappa shape index (κ2) is 7.08. The molecule has 2 aromatic carbocycles. The van der Waals surface area contributed by atoms with E-state index in [9.17, 15) is 14.7 Å². The van der Waals surface area contributed by atoms with Gasteiger partial charge < -0.3 is 10.4 Å². The molecule has 1 fully saturated rings. The smallest absolute Gasteiger partial charge is 0.265 e. The molecule has 0 atom stereocenters. The Hall–Kier alpha value is -2.64. The molecule has 1 heterocycles. The molecule has 1 saturated heterocycles. The summed E-state index contributed by atoms with van der Waals surface area (Å²) in [5.74, 6) is -0.446. The molecule has 0 radical (unpaired) electrons. The zero-order valence-electron chi connectivity index (χ0n) is 13.2. The van der Waals surface area contributed by atoms with Gasteiger partial charge in [-0.15, -0.1) is 0 Å². The van der Waals surface area contributed by atoms with E-state index >= 15 is 0 Å². The first kappa shape index (κ1) is 17.2. The van der Waals surface area contributed by atoms with Crippen molar-refractivity contribution in [2.24, 2.45) is 0 Å². The molecule has 0 saturated carbocycles. The van der Waals surface area contributed by atoms with Crippen molar-refractivity contribution < 1.29 is 14.7 Å². The topological polar surface area (TPSA) is 69.6 Å². The number of anilines is 1. The first-order valence-corrected chi connectivity index (χ1v) is 8.59. The number of benzene rings is 2. The molecule has 25 heavy (non-hydrogen) atoms. The molecule has 0 bridgehead atoms. The number of nitrogens with zero attached hydrogens (tertiary/aromatic N) is 1. The van der Waals surface area contributed by atoms with Crippen LogP contribution >= 0.6 is 24.0 Å². The Morgan fingerprint density at radius 1 is 1.20 bits per heavy atom. The highest BCUT2D eigenvalue weighted by Crippen LogP contribution is 2.31. The fourth-order valence-corrected chi connectivity index (χ4v) is 3.38. The van der Waals surface area contributed by atoms with Crippen LogP contribution in [0.1, 0.15) is 15.9 Å². The van der Waals surface area contributed by atoms with Crippen LogP contribution in [-0.4, -0.2) is 33.2 Å². The Labute approximate surface area is 154 Å². The number of thioether (sulfide) groups is 1. The molecular formula is C18H14N2O3S2. The minimum atomic E-state index is -0.326. The van der Waals surface area contributed by atoms with Crippen molar-refractivity contribution in [3.63, 3.8) is 0 Å². The average molecular weight is 370 g/mol. The highest BCUT2D eigenvalue weighted by Gasteiger charge is 2.28. The summed E-state index contributed by atoms with van der Waals surface area (Å²) in [7, 11) is 1.64. The molecule has 7 heteroatoms. The Kier molecular flexibility index (Phi) is 4.87. The van der Waals surface area contributed by atoms with Gasteiger partial charge in [0.15, 0.2) is 0 Å². The zero-order valence-corrected chi connectivity index (χ0v) is 14.9. The SMILES string of the molecule is CN1C(=O)/C(=C/c2ccc(C(=O)Nc3ccccc3O)cc2)SC1=S. The third kappa shape index (κ3) is 3.72. The third-order valence-electron chi connectivity index (χ3n) is 3.61. The van der Waals surface area contributed by atoms with Crippen molar-refractivity contribution in [1.29, 1.82) is 0 Å². The van der Waals surface area contributed by atoms with E-state index in [1.165, 1.54) is 22.7 Å². The molecule has 1 aliphatic rings. The van der Waals surface area contributed by atoms with E-state index in [1.54, 1.807) is 55.6 Å². The summed E-state index contributed by atoms with van der Waals surface area (Å²) < 4.78 is 0.523. The van der Waals surface area contributed by atoms with Gasteiger partial charge >= 0.3 is 0 Å². The fourth-order valence-electron chi connectivity index (χ4n) is 2.20. The van der Waals surface area contributed by atoms with Gasteiger partial charge in [-0.3, -0.25) is 14.5 Å². The summed E-state index contributed by atoms with van der Waals surface area (Å²) in [6, 6.07) is 13.4. The number of hydrogen-bond donors (Lipinski definition) is 2. The summed E-state index contributed by atoms with van der Waals surface area (Å²) in [5, 5.41) is 12.4. The molecule has 3 rings (SSSR count). The number of thiocarbonyl (C=S) groups is 1. The number of likely N-dealkylation sites (N-methyl/N-ethyl adjacent to an activating group) is 1. The van der Waals surface area contributed by atoms with Crippen molar-refractivity contribution in [2.75, 3.05) is 12.4 Å². The predicted molar refractivity (Wildman–Crippen MR) is 103 cm³/mol. The zero-order chi connectivity index (χ0) is 18.0. The quantitative estimate of drug-likeness (QED) is 0.492. The number of phenolic OH excluding ortho intramolecular Hbond substituents is 1. The van der Waals surface area contributed by atoms with E-state index in [0.717, 1.165) is 5.56 Å². The lowest BCUT2D eigenvalue weighted by molar-refractivity contribution is -0.121. The van der Waals surface area contributed by atoms with Gasteiger partial charge in [0.25, 0.3) is 11.8 Å². The van der Waals surface area contributed by atoms with Crippen molar-refractivity contribution >= 4 is 51.9 Å². The van der Waals surface area contributed by atoms with Crippen LogP contribution in [0.5, 0.6) is 5.75 Å². The number of hydrogen-bond acceptors (Lipinski definition) is 5. The second-order valence-electron chi connectivity index (χ2n) is 5.33. The molecule has 2 N–H and O–H groups in total. The monoisotopic (exact) mass is 370 g/mol. The largest absolute Gasteiger partial charge is 0.506 e. The van der Waals surface area contributed by atoms with E-state index in [4.69, 9.17) is 12.2 Å².